The Labute approximate surface area is 111 Å². The fourth-order valence-corrected chi connectivity index (χ4v) is 2.98. The number of aromatic nitrogens is 1. The summed E-state index contributed by atoms with van der Waals surface area (Å²) in [7, 11) is 0. The van der Waals surface area contributed by atoms with Gasteiger partial charge in [-0.3, -0.25) is 4.98 Å². The van der Waals surface area contributed by atoms with Gasteiger partial charge in [-0.15, -0.1) is 0 Å². The highest BCUT2D eigenvalue weighted by Gasteiger charge is 2.19. The van der Waals surface area contributed by atoms with Crippen molar-refractivity contribution in [1.29, 1.82) is 0 Å². The second kappa shape index (κ2) is 6.89. The Morgan fingerprint density at radius 2 is 1.89 bits per heavy atom. The van der Waals surface area contributed by atoms with E-state index in [4.69, 9.17) is 0 Å². The Balaban J connectivity index is 1.67. The second-order valence-corrected chi connectivity index (χ2v) is 5.80. The van der Waals surface area contributed by atoms with Crippen LogP contribution in [0.3, 0.4) is 0 Å². The number of nitrogens with one attached hydrogen (secondary N) is 1. The topological polar surface area (TPSA) is 24.9 Å². The van der Waals surface area contributed by atoms with Crippen molar-refractivity contribution in [2.75, 3.05) is 6.54 Å². The van der Waals surface area contributed by atoms with Gasteiger partial charge in [-0.25, -0.2) is 0 Å². The van der Waals surface area contributed by atoms with Crippen LogP contribution in [0.15, 0.2) is 18.5 Å². The van der Waals surface area contributed by atoms with Crippen LogP contribution in [0.4, 0.5) is 0 Å². The van der Waals surface area contributed by atoms with Gasteiger partial charge in [0.1, 0.15) is 0 Å². The summed E-state index contributed by atoms with van der Waals surface area (Å²) in [5, 5.41) is 3.59. The van der Waals surface area contributed by atoms with E-state index in [-0.39, 0.29) is 0 Å². The molecular formula is C16H26N2. The van der Waals surface area contributed by atoms with E-state index in [0.717, 1.165) is 18.4 Å². The van der Waals surface area contributed by atoms with E-state index in [9.17, 15) is 0 Å². The van der Waals surface area contributed by atoms with E-state index in [1.807, 2.05) is 12.4 Å². The van der Waals surface area contributed by atoms with Crippen LogP contribution in [0.25, 0.3) is 0 Å². The maximum atomic E-state index is 4.23. The zero-order chi connectivity index (χ0) is 12.8. The van der Waals surface area contributed by atoms with Crippen LogP contribution < -0.4 is 5.32 Å². The number of hydrogen-bond donors (Lipinski definition) is 1. The smallest absolute Gasteiger partial charge is 0.0313 e. The molecule has 1 saturated carbocycles. The van der Waals surface area contributed by atoms with Gasteiger partial charge in [-0.2, -0.15) is 0 Å². The fourth-order valence-electron chi connectivity index (χ4n) is 2.98. The second-order valence-electron chi connectivity index (χ2n) is 5.80. The number of pyridine rings is 1. The molecule has 1 N–H and O–H groups in total. The van der Waals surface area contributed by atoms with E-state index in [0.29, 0.717) is 0 Å². The molecule has 0 saturated heterocycles. The maximum absolute atomic E-state index is 4.23. The first kappa shape index (κ1) is 13.5. The largest absolute Gasteiger partial charge is 0.312 e. The van der Waals surface area contributed by atoms with Crippen molar-refractivity contribution in [3.05, 3.63) is 29.6 Å². The van der Waals surface area contributed by atoms with Gasteiger partial charge in [0.2, 0.25) is 0 Å². The average Bonchev–Trinajstić information content (AvgIpc) is 2.40. The molecule has 0 unspecified atom stereocenters. The summed E-state index contributed by atoms with van der Waals surface area (Å²) in [6, 6.07) is 2.22. The summed E-state index contributed by atoms with van der Waals surface area (Å²) >= 11 is 0. The van der Waals surface area contributed by atoms with Gasteiger partial charge < -0.3 is 5.32 Å². The van der Waals surface area contributed by atoms with Crippen LogP contribution in [0.2, 0.25) is 0 Å². The van der Waals surface area contributed by atoms with Crippen LogP contribution >= 0.6 is 0 Å². The monoisotopic (exact) mass is 246 g/mol. The van der Waals surface area contributed by atoms with E-state index in [1.54, 1.807) is 0 Å². The quantitative estimate of drug-likeness (QED) is 0.857. The molecule has 1 aromatic rings. The highest BCUT2D eigenvalue weighted by molar-refractivity contribution is 5.16. The Morgan fingerprint density at radius 1 is 1.17 bits per heavy atom. The predicted octanol–water partition coefficient (Wildman–Crippen LogP) is 3.70. The summed E-state index contributed by atoms with van der Waals surface area (Å²) in [4.78, 5) is 4.23. The lowest BCUT2D eigenvalue weighted by molar-refractivity contribution is 0.262. The van der Waals surface area contributed by atoms with Gasteiger partial charge in [0.15, 0.2) is 0 Å². The molecule has 0 bridgehead atoms. The third-order valence-electron chi connectivity index (χ3n) is 4.24. The molecule has 0 amide bonds. The zero-order valence-corrected chi connectivity index (χ0v) is 11.8. The Bertz CT molecular complexity index is 354. The highest BCUT2D eigenvalue weighted by atomic mass is 14.9. The van der Waals surface area contributed by atoms with Gasteiger partial charge in [0, 0.05) is 18.9 Å². The van der Waals surface area contributed by atoms with Crippen LogP contribution in [-0.2, 0) is 6.54 Å². The van der Waals surface area contributed by atoms with Gasteiger partial charge in [-0.05, 0) is 49.3 Å². The molecule has 2 heteroatoms. The number of hydrogen-bond acceptors (Lipinski definition) is 2. The normalized spacial score (nSPS) is 24.1. The van der Waals surface area contributed by atoms with E-state index in [2.05, 4.69) is 30.2 Å². The van der Waals surface area contributed by atoms with Crippen molar-refractivity contribution in [3.8, 4) is 0 Å². The summed E-state index contributed by atoms with van der Waals surface area (Å²) < 4.78 is 0. The molecule has 0 aromatic carbocycles. The molecule has 0 aliphatic heterocycles. The summed E-state index contributed by atoms with van der Waals surface area (Å²) in [6.07, 6.45) is 11.0. The standard InChI is InChI=1S/C16H26N2/c1-3-14-4-6-15(7-5-14)10-18-12-16-8-13(2)9-17-11-16/h8-9,11,14-15,18H,3-7,10,12H2,1-2H3. The minimum atomic E-state index is 0.894. The molecule has 1 fully saturated rings. The summed E-state index contributed by atoms with van der Waals surface area (Å²) in [5.74, 6) is 1.90. The predicted molar refractivity (Wildman–Crippen MR) is 76.4 cm³/mol. The molecule has 1 aliphatic carbocycles. The average molecular weight is 246 g/mol. The lowest BCUT2D eigenvalue weighted by Crippen LogP contribution is -2.26. The molecule has 0 radical (unpaired) electrons. The van der Waals surface area contributed by atoms with Crippen molar-refractivity contribution >= 4 is 0 Å². The molecular weight excluding hydrogens is 220 g/mol. The third kappa shape index (κ3) is 4.09. The van der Waals surface area contributed by atoms with Crippen molar-refractivity contribution < 1.29 is 0 Å². The zero-order valence-electron chi connectivity index (χ0n) is 11.8. The number of rotatable bonds is 5. The third-order valence-corrected chi connectivity index (χ3v) is 4.24. The SMILES string of the molecule is CCC1CCC(CNCc2cncc(C)c2)CC1. The van der Waals surface area contributed by atoms with Gasteiger partial charge in [-0.1, -0.05) is 32.3 Å². The Hall–Kier alpha value is -0.890. The molecule has 0 spiro atoms. The molecule has 1 aliphatic rings. The summed E-state index contributed by atoms with van der Waals surface area (Å²) in [5.41, 5.74) is 2.55. The fraction of sp³-hybridized carbons (Fsp3) is 0.688. The van der Waals surface area contributed by atoms with Gasteiger partial charge in [0.25, 0.3) is 0 Å². The van der Waals surface area contributed by atoms with Crippen molar-refractivity contribution in [2.45, 2.75) is 52.5 Å². The maximum Gasteiger partial charge on any atom is 0.0313 e. The molecule has 1 aromatic heterocycles. The number of aryl methyl sites for hydroxylation is 1. The molecule has 2 nitrogen and oxygen atoms in total. The Kier molecular flexibility index (Phi) is 5.18. The molecule has 18 heavy (non-hydrogen) atoms. The summed E-state index contributed by atoms with van der Waals surface area (Å²) in [6.45, 7) is 6.56. The lowest BCUT2D eigenvalue weighted by Gasteiger charge is -2.27. The lowest BCUT2D eigenvalue weighted by atomic mass is 9.81. The van der Waals surface area contributed by atoms with Gasteiger partial charge in [0.05, 0.1) is 0 Å². The van der Waals surface area contributed by atoms with E-state index < -0.39 is 0 Å². The number of nitrogens with zero attached hydrogens (tertiary/aromatic N) is 1. The molecule has 1 heterocycles. The first-order chi connectivity index (χ1) is 8.78. The first-order valence-corrected chi connectivity index (χ1v) is 7.39. The molecule has 0 atom stereocenters. The van der Waals surface area contributed by atoms with Crippen LogP contribution in [0.1, 0.15) is 50.2 Å². The minimum absolute atomic E-state index is 0.894. The Morgan fingerprint density at radius 3 is 2.56 bits per heavy atom. The van der Waals surface area contributed by atoms with E-state index >= 15 is 0 Å². The first-order valence-electron chi connectivity index (χ1n) is 7.39. The molecule has 2 rings (SSSR count). The minimum Gasteiger partial charge on any atom is -0.312 e. The van der Waals surface area contributed by atoms with Crippen LogP contribution in [0.5, 0.6) is 0 Å². The van der Waals surface area contributed by atoms with Gasteiger partial charge >= 0.3 is 0 Å². The van der Waals surface area contributed by atoms with Crippen LogP contribution in [0, 0.1) is 18.8 Å². The van der Waals surface area contributed by atoms with E-state index in [1.165, 1.54) is 49.8 Å². The van der Waals surface area contributed by atoms with Crippen molar-refractivity contribution in [3.63, 3.8) is 0 Å². The highest BCUT2D eigenvalue weighted by Crippen LogP contribution is 2.30. The van der Waals surface area contributed by atoms with Crippen molar-refractivity contribution in [1.82, 2.24) is 10.3 Å². The van der Waals surface area contributed by atoms with Crippen LogP contribution in [-0.4, -0.2) is 11.5 Å². The molecule has 100 valence electrons. The van der Waals surface area contributed by atoms with Crippen molar-refractivity contribution in [2.24, 2.45) is 11.8 Å².